The highest BCUT2D eigenvalue weighted by Gasteiger charge is 2.56. The van der Waals surface area contributed by atoms with Gasteiger partial charge in [-0.1, -0.05) is 78.4 Å². The van der Waals surface area contributed by atoms with Gasteiger partial charge in [-0.25, -0.2) is 14.8 Å². The van der Waals surface area contributed by atoms with E-state index in [1.807, 2.05) is 82.8 Å². The number of hydrogen-bond acceptors (Lipinski definition) is 7. The van der Waals surface area contributed by atoms with Gasteiger partial charge in [0, 0.05) is 16.7 Å². The van der Waals surface area contributed by atoms with Crippen LogP contribution in [-0.2, 0) is 14.5 Å². The Kier molecular flexibility index (Phi) is 6.45. The van der Waals surface area contributed by atoms with E-state index >= 15 is 0 Å². The number of ether oxygens (including phenoxy) is 1. The molecule has 0 aliphatic carbocycles. The number of esters is 1. The van der Waals surface area contributed by atoms with Crippen LogP contribution in [0, 0.1) is 13.8 Å². The van der Waals surface area contributed by atoms with Gasteiger partial charge in [0.15, 0.2) is 0 Å². The summed E-state index contributed by atoms with van der Waals surface area (Å²) in [6.45, 7) is 6.28. The summed E-state index contributed by atoms with van der Waals surface area (Å²) in [6, 6.07) is 34.7. The number of nitrogens with zero attached hydrogens (tertiary/aromatic N) is 4. The first-order chi connectivity index (χ1) is 19.0. The number of rotatable bonds is 5. The molecule has 0 saturated carbocycles. The van der Waals surface area contributed by atoms with Crippen LogP contribution in [0.25, 0.3) is 0 Å². The molecule has 0 N–H and O–H groups in total. The number of carbonyl (C=O) groups excluding carboxylic acids is 1. The number of anilines is 2. The van der Waals surface area contributed by atoms with E-state index in [0.717, 1.165) is 44.9 Å². The van der Waals surface area contributed by atoms with Crippen LogP contribution < -0.4 is 10.0 Å². The van der Waals surface area contributed by atoms with Crippen molar-refractivity contribution in [2.75, 3.05) is 16.6 Å². The molecular weight excluding hydrogens is 504 g/mol. The summed E-state index contributed by atoms with van der Waals surface area (Å²) in [7, 11) is 0. The summed E-state index contributed by atoms with van der Waals surface area (Å²) in [6.07, 6.45) is 0. The van der Waals surface area contributed by atoms with Crippen molar-refractivity contribution in [3.8, 4) is 0 Å². The SMILES string of the molecule is CCOC(=O)C1=NN(c2ccccc2)[C@]2(S1)c1ccccc1C(c1cc(C)ccc1C)=NN2c1ccccc1. The van der Waals surface area contributed by atoms with Gasteiger partial charge in [0.05, 0.1) is 23.7 Å². The Bertz CT molecular complexity index is 1600. The Balaban J connectivity index is 1.66. The zero-order valence-corrected chi connectivity index (χ0v) is 22.9. The number of para-hydroxylation sites is 2. The largest absolute Gasteiger partial charge is 0.461 e. The Labute approximate surface area is 232 Å². The second-order valence-electron chi connectivity index (χ2n) is 9.44. The first kappa shape index (κ1) is 24.9. The molecular formula is C32H28N4O2S. The normalized spacial score (nSPS) is 18.0. The van der Waals surface area contributed by atoms with Crippen LogP contribution in [0.2, 0.25) is 0 Å². The second-order valence-corrected chi connectivity index (χ2v) is 10.6. The molecule has 4 aromatic carbocycles. The van der Waals surface area contributed by atoms with Gasteiger partial charge in [-0.2, -0.15) is 10.2 Å². The average molecular weight is 533 g/mol. The Morgan fingerprint density at radius 2 is 1.41 bits per heavy atom. The van der Waals surface area contributed by atoms with Crippen LogP contribution in [0.3, 0.4) is 0 Å². The second kappa shape index (κ2) is 10.1. The monoisotopic (exact) mass is 532 g/mol. The summed E-state index contributed by atoms with van der Waals surface area (Å²) < 4.78 is 5.42. The van der Waals surface area contributed by atoms with Crippen LogP contribution in [0.15, 0.2) is 113 Å². The molecule has 194 valence electrons. The molecule has 0 fully saturated rings. The van der Waals surface area contributed by atoms with E-state index in [9.17, 15) is 4.79 Å². The van der Waals surface area contributed by atoms with E-state index in [2.05, 4.69) is 44.2 Å². The van der Waals surface area contributed by atoms with E-state index in [1.165, 1.54) is 11.8 Å². The Morgan fingerprint density at radius 3 is 2.08 bits per heavy atom. The fourth-order valence-electron chi connectivity index (χ4n) is 5.04. The van der Waals surface area contributed by atoms with E-state index in [4.69, 9.17) is 14.9 Å². The van der Waals surface area contributed by atoms with Gasteiger partial charge >= 0.3 is 5.97 Å². The van der Waals surface area contributed by atoms with Crippen molar-refractivity contribution in [2.24, 2.45) is 10.2 Å². The maximum Gasteiger partial charge on any atom is 0.365 e. The predicted molar refractivity (Wildman–Crippen MR) is 159 cm³/mol. The molecule has 0 saturated heterocycles. The summed E-state index contributed by atoms with van der Waals surface area (Å²) in [5.74, 6) is -0.449. The summed E-state index contributed by atoms with van der Waals surface area (Å²) in [4.78, 5) is 12.1. The molecule has 6 rings (SSSR count). The molecule has 0 radical (unpaired) electrons. The number of benzene rings is 4. The van der Waals surface area contributed by atoms with E-state index in [-0.39, 0.29) is 11.7 Å². The third-order valence-corrected chi connectivity index (χ3v) is 8.13. The molecule has 39 heavy (non-hydrogen) atoms. The third-order valence-electron chi connectivity index (χ3n) is 6.84. The molecule has 0 amide bonds. The summed E-state index contributed by atoms with van der Waals surface area (Å²) in [5, 5.41) is 14.4. The fraction of sp³-hybridized carbons (Fsp3) is 0.156. The first-order valence-electron chi connectivity index (χ1n) is 12.9. The number of hydrazone groups is 2. The van der Waals surface area contributed by atoms with Gasteiger partial charge in [-0.3, -0.25) is 0 Å². The number of fused-ring (bicyclic) bond motifs is 2. The standard InChI is InChI=1S/C32H28N4O2S/c1-4-38-31(37)30-34-36(25-15-9-6-10-16-25)32(39-30)28-18-12-11-17-26(28)29(27-21-22(2)19-20-23(27)3)33-35(32)24-13-7-5-8-14-24/h5-21H,4H2,1-3H3/t32-/m0/s1. The van der Waals surface area contributed by atoms with Crippen LogP contribution in [-0.4, -0.2) is 23.3 Å². The van der Waals surface area contributed by atoms with Crippen molar-refractivity contribution < 1.29 is 9.53 Å². The lowest BCUT2D eigenvalue weighted by Gasteiger charge is -2.47. The molecule has 0 bridgehead atoms. The van der Waals surface area contributed by atoms with Gasteiger partial charge < -0.3 is 4.74 Å². The van der Waals surface area contributed by atoms with Crippen LogP contribution in [0.4, 0.5) is 11.4 Å². The van der Waals surface area contributed by atoms with Crippen LogP contribution in [0.1, 0.15) is 34.7 Å². The minimum Gasteiger partial charge on any atom is -0.461 e. The summed E-state index contributed by atoms with van der Waals surface area (Å²) in [5.41, 5.74) is 7.94. The van der Waals surface area contributed by atoms with Gasteiger partial charge in [0.1, 0.15) is 0 Å². The maximum atomic E-state index is 13.1. The van der Waals surface area contributed by atoms with Gasteiger partial charge in [-0.15, -0.1) is 0 Å². The lowest BCUT2D eigenvalue weighted by atomic mass is 9.90. The molecule has 0 unspecified atom stereocenters. The minimum atomic E-state index is -1.01. The molecule has 2 aliphatic rings. The third kappa shape index (κ3) is 4.19. The zero-order valence-electron chi connectivity index (χ0n) is 22.0. The minimum absolute atomic E-state index is 0.269. The number of aryl methyl sites for hydroxylation is 2. The topological polar surface area (TPSA) is 57.5 Å². The molecule has 4 aromatic rings. The molecule has 7 heteroatoms. The van der Waals surface area contributed by atoms with Crippen molar-refractivity contribution in [3.63, 3.8) is 0 Å². The fourth-order valence-corrected chi connectivity index (χ4v) is 6.33. The lowest BCUT2D eigenvalue weighted by molar-refractivity contribution is -0.134. The highest BCUT2D eigenvalue weighted by Crippen LogP contribution is 2.55. The smallest absolute Gasteiger partial charge is 0.365 e. The van der Waals surface area contributed by atoms with E-state index < -0.39 is 11.0 Å². The van der Waals surface area contributed by atoms with Gasteiger partial charge in [-0.05, 0) is 68.4 Å². The van der Waals surface area contributed by atoms with E-state index in [1.54, 1.807) is 6.92 Å². The molecule has 6 nitrogen and oxygen atoms in total. The number of carbonyl (C=O) groups is 1. The van der Waals surface area contributed by atoms with Gasteiger partial charge in [0.2, 0.25) is 10.0 Å². The van der Waals surface area contributed by atoms with Crippen LogP contribution in [0.5, 0.6) is 0 Å². The van der Waals surface area contributed by atoms with Crippen molar-refractivity contribution in [2.45, 2.75) is 25.8 Å². The van der Waals surface area contributed by atoms with E-state index in [0.29, 0.717) is 0 Å². The quantitative estimate of drug-likeness (QED) is 0.264. The predicted octanol–water partition coefficient (Wildman–Crippen LogP) is 6.82. The average Bonchev–Trinajstić information content (AvgIpc) is 3.37. The molecule has 0 aromatic heterocycles. The highest BCUT2D eigenvalue weighted by atomic mass is 32.2. The van der Waals surface area contributed by atoms with Crippen LogP contribution >= 0.6 is 11.8 Å². The molecule has 1 spiro atoms. The van der Waals surface area contributed by atoms with Crippen molar-refractivity contribution in [1.82, 2.24) is 0 Å². The molecule has 1 atom stereocenters. The molecule has 2 heterocycles. The van der Waals surface area contributed by atoms with Crippen molar-refractivity contribution in [1.29, 1.82) is 0 Å². The number of hydrogen-bond donors (Lipinski definition) is 0. The Morgan fingerprint density at radius 1 is 0.795 bits per heavy atom. The Hall–Kier alpha value is -4.36. The zero-order chi connectivity index (χ0) is 27.0. The molecule has 2 aliphatic heterocycles. The first-order valence-corrected chi connectivity index (χ1v) is 13.8. The highest BCUT2D eigenvalue weighted by molar-refractivity contribution is 8.16. The van der Waals surface area contributed by atoms with Crippen molar-refractivity contribution in [3.05, 3.63) is 131 Å². The lowest BCUT2D eigenvalue weighted by Crippen LogP contribution is -2.54. The van der Waals surface area contributed by atoms with Gasteiger partial charge in [0.25, 0.3) is 0 Å². The summed E-state index contributed by atoms with van der Waals surface area (Å²) >= 11 is 1.36. The van der Waals surface area contributed by atoms with Crippen molar-refractivity contribution >= 4 is 39.9 Å². The maximum absolute atomic E-state index is 13.1. The number of thioether (sulfide) groups is 1.